The van der Waals surface area contributed by atoms with E-state index < -0.39 is 0 Å². The molecule has 0 aliphatic heterocycles. The van der Waals surface area contributed by atoms with Crippen LogP contribution in [0.1, 0.15) is 18.2 Å². The van der Waals surface area contributed by atoms with Gasteiger partial charge in [0.25, 0.3) is 0 Å². The number of hydrogen-bond acceptors (Lipinski definition) is 6. The second-order valence-electron chi connectivity index (χ2n) is 5.14. The third-order valence-electron chi connectivity index (χ3n) is 3.03. The van der Waals surface area contributed by atoms with Crippen LogP contribution >= 0.6 is 11.3 Å². The monoisotopic (exact) mass is 333 g/mol. The number of methoxy groups -OCH3 is 1. The molecule has 7 heteroatoms. The highest BCUT2D eigenvalue weighted by Gasteiger charge is 2.18. The Balaban J connectivity index is 2.28. The van der Waals surface area contributed by atoms with Crippen LogP contribution in [0.25, 0.3) is 11.3 Å². The third-order valence-corrected chi connectivity index (χ3v) is 4.00. The van der Waals surface area contributed by atoms with E-state index in [2.05, 4.69) is 10.3 Å². The Bertz CT molecular complexity index is 683. The van der Waals surface area contributed by atoms with Crippen molar-refractivity contribution in [3.8, 4) is 11.3 Å². The first-order chi connectivity index (χ1) is 11.0. The first-order valence-corrected chi connectivity index (χ1v) is 7.98. The molecule has 122 valence electrons. The molecule has 2 aromatic rings. The lowest BCUT2D eigenvalue weighted by molar-refractivity contribution is -0.139. The number of ether oxygens (including phenoxy) is 1. The SMILES string of the molecule is COC(=O)Cc1sc(NC(=O)CC(C)N)nc1-c1ccccc1. The number of carbonyl (C=O) groups excluding carboxylic acids is 2. The minimum absolute atomic E-state index is 0.113. The van der Waals surface area contributed by atoms with Crippen LogP contribution in [0.15, 0.2) is 30.3 Å². The van der Waals surface area contributed by atoms with Gasteiger partial charge in [0.15, 0.2) is 5.13 Å². The van der Waals surface area contributed by atoms with Gasteiger partial charge in [-0.3, -0.25) is 9.59 Å². The quantitative estimate of drug-likeness (QED) is 0.790. The van der Waals surface area contributed by atoms with Crippen molar-refractivity contribution in [2.24, 2.45) is 5.73 Å². The number of amides is 1. The normalized spacial score (nSPS) is 11.8. The Hall–Kier alpha value is -2.25. The van der Waals surface area contributed by atoms with E-state index in [-0.39, 0.29) is 30.8 Å². The summed E-state index contributed by atoms with van der Waals surface area (Å²) in [6.45, 7) is 1.76. The molecule has 1 amide bonds. The Morgan fingerprint density at radius 2 is 2.04 bits per heavy atom. The van der Waals surface area contributed by atoms with Crippen molar-refractivity contribution in [3.63, 3.8) is 0 Å². The molecule has 1 heterocycles. The summed E-state index contributed by atoms with van der Waals surface area (Å²) < 4.78 is 4.72. The van der Waals surface area contributed by atoms with Gasteiger partial charge in [-0.2, -0.15) is 0 Å². The second-order valence-corrected chi connectivity index (χ2v) is 6.22. The number of benzene rings is 1. The van der Waals surface area contributed by atoms with E-state index in [0.29, 0.717) is 10.8 Å². The van der Waals surface area contributed by atoms with E-state index in [1.165, 1.54) is 18.4 Å². The van der Waals surface area contributed by atoms with Gasteiger partial charge < -0.3 is 15.8 Å². The summed E-state index contributed by atoms with van der Waals surface area (Å²) in [6, 6.07) is 9.28. The first kappa shape index (κ1) is 17.1. The highest BCUT2D eigenvalue weighted by atomic mass is 32.1. The number of rotatable bonds is 6. The lowest BCUT2D eigenvalue weighted by Crippen LogP contribution is -2.23. The molecule has 0 aliphatic carbocycles. The molecule has 0 aliphatic rings. The molecule has 6 nitrogen and oxygen atoms in total. The zero-order valence-electron chi connectivity index (χ0n) is 13.0. The number of anilines is 1. The van der Waals surface area contributed by atoms with Crippen molar-refractivity contribution in [3.05, 3.63) is 35.2 Å². The molecular weight excluding hydrogens is 314 g/mol. The van der Waals surface area contributed by atoms with E-state index in [9.17, 15) is 9.59 Å². The maximum atomic E-state index is 11.8. The van der Waals surface area contributed by atoms with Gasteiger partial charge in [0, 0.05) is 22.9 Å². The fourth-order valence-electron chi connectivity index (χ4n) is 2.01. The lowest BCUT2D eigenvalue weighted by Gasteiger charge is -2.03. The van der Waals surface area contributed by atoms with Crippen molar-refractivity contribution >= 4 is 28.3 Å². The average Bonchev–Trinajstić information content (AvgIpc) is 2.89. The minimum Gasteiger partial charge on any atom is -0.469 e. The molecule has 0 bridgehead atoms. The fourth-order valence-corrected chi connectivity index (χ4v) is 3.00. The lowest BCUT2D eigenvalue weighted by atomic mass is 10.1. The van der Waals surface area contributed by atoms with E-state index in [1.54, 1.807) is 6.92 Å². The topological polar surface area (TPSA) is 94.3 Å². The van der Waals surface area contributed by atoms with E-state index in [0.717, 1.165) is 10.4 Å². The summed E-state index contributed by atoms with van der Waals surface area (Å²) in [4.78, 5) is 28.6. The van der Waals surface area contributed by atoms with Crippen molar-refractivity contribution in [2.75, 3.05) is 12.4 Å². The van der Waals surface area contributed by atoms with Crippen molar-refractivity contribution in [1.29, 1.82) is 0 Å². The van der Waals surface area contributed by atoms with Crippen molar-refractivity contribution in [2.45, 2.75) is 25.8 Å². The molecule has 3 N–H and O–H groups in total. The summed E-state index contributed by atoms with van der Waals surface area (Å²) in [5, 5.41) is 3.18. The highest BCUT2D eigenvalue weighted by Crippen LogP contribution is 2.31. The van der Waals surface area contributed by atoms with Gasteiger partial charge in [-0.05, 0) is 6.92 Å². The van der Waals surface area contributed by atoms with Gasteiger partial charge in [0.05, 0.1) is 19.2 Å². The molecule has 2 rings (SSSR count). The fraction of sp³-hybridized carbons (Fsp3) is 0.312. The number of nitrogens with one attached hydrogen (secondary N) is 1. The molecule has 0 saturated heterocycles. The summed E-state index contributed by atoms with van der Waals surface area (Å²) in [7, 11) is 1.34. The van der Waals surface area contributed by atoms with Gasteiger partial charge in [-0.1, -0.05) is 30.3 Å². The van der Waals surface area contributed by atoms with Crippen LogP contribution < -0.4 is 11.1 Å². The highest BCUT2D eigenvalue weighted by molar-refractivity contribution is 7.16. The number of hydrogen-bond donors (Lipinski definition) is 2. The van der Waals surface area contributed by atoms with Crippen LogP contribution in [0, 0.1) is 0 Å². The van der Waals surface area contributed by atoms with Crippen LogP contribution in [0.4, 0.5) is 5.13 Å². The number of nitrogens with zero attached hydrogens (tertiary/aromatic N) is 1. The summed E-state index contributed by atoms with van der Waals surface area (Å²) in [5.41, 5.74) is 7.18. The molecule has 0 fully saturated rings. The van der Waals surface area contributed by atoms with Crippen LogP contribution in [0.2, 0.25) is 0 Å². The number of carbonyl (C=O) groups is 2. The molecule has 0 saturated carbocycles. The van der Waals surface area contributed by atoms with Gasteiger partial charge in [0.1, 0.15) is 0 Å². The molecule has 1 atom stereocenters. The number of esters is 1. The Labute approximate surface area is 138 Å². The molecule has 23 heavy (non-hydrogen) atoms. The largest absolute Gasteiger partial charge is 0.469 e. The van der Waals surface area contributed by atoms with Crippen LogP contribution in [0.5, 0.6) is 0 Å². The van der Waals surface area contributed by atoms with E-state index in [4.69, 9.17) is 10.5 Å². The van der Waals surface area contributed by atoms with Gasteiger partial charge in [-0.25, -0.2) is 4.98 Å². The second kappa shape index (κ2) is 7.85. The predicted molar refractivity (Wildman–Crippen MR) is 90.2 cm³/mol. The van der Waals surface area contributed by atoms with Crippen LogP contribution in [-0.2, 0) is 20.7 Å². The Morgan fingerprint density at radius 1 is 1.35 bits per heavy atom. The average molecular weight is 333 g/mol. The first-order valence-electron chi connectivity index (χ1n) is 7.17. The van der Waals surface area contributed by atoms with Crippen LogP contribution in [-0.4, -0.2) is 30.0 Å². The Kier molecular flexibility index (Phi) is 5.84. The van der Waals surface area contributed by atoms with Crippen LogP contribution in [0.3, 0.4) is 0 Å². The zero-order chi connectivity index (χ0) is 16.8. The van der Waals surface area contributed by atoms with Gasteiger partial charge in [0.2, 0.25) is 5.91 Å². The molecule has 1 aromatic heterocycles. The summed E-state index contributed by atoms with van der Waals surface area (Å²) in [6.07, 6.45) is 0.328. The summed E-state index contributed by atoms with van der Waals surface area (Å²) in [5.74, 6) is -0.544. The molecule has 0 radical (unpaired) electrons. The maximum Gasteiger partial charge on any atom is 0.310 e. The van der Waals surface area contributed by atoms with E-state index >= 15 is 0 Å². The number of thiazole rings is 1. The summed E-state index contributed by atoms with van der Waals surface area (Å²) >= 11 is 1.27. The molecule has 1 aromatic carbocycles. The standard InChI is InChI=1S/C16H19N3O3S/c1-10(17)8-13(20)18-16-19-15(11-6-4-3-5-7-11)12(23-16)9-14(21)22-2/h3-7,10H,8-9,17H2,1-2H3,(H,18,19,20). The minimum atomic E-state index is -0.348. The van der Waals surface area contributed by atoms with Gasteiger partial charge >= 0.3 is 5.97 Å². The number of aromatic nitrogens is 1. The molecule has 0 spiro atoms. The third kappa shape index (κ3) is 4.87. The maximum absolute atomic E-state index is 11.8. The zero-order valence-corrected chi connectivity index (χ0v) is 13.9. The van der Waals surface area contributed by atoms with E-state index in [1.807, 2.05) is 30.3 Å². The van der Waals surface area contributed by atoms with Gasteiger partial charge in [-0.15, -0.1) is 11.3 Å². The number of nitrogens with two attached hydrogens (primary N) is 1. The van der Waals surface area contributed by atoms with Crippen molar-refractivity contribution < 1.29 is 14.3 Å². The molecule has 1 unspecified atom stereocenters. The molecular formula is C16H19N3O3S. The predicted octanol–water partition coefficient (Wildman–Crippen LogP) is 2.20. The van der Waals surface area contributed by atoms with Crippen molar-refractivity contribution in [1.82, 2.24) is 4.98 Å². The smallest absolute Gasteiger partial charge is 0.310 e. The Morgan fingerprint density at radius 3 is 2.65 bits per heavy atom.